The second-order valence-corrected chi connectivity index (χ2v) is 16.0. The summed E-state index contributed by atoms with van der Waals surface area (Å²) in [6.45, 7) is -2.90. The van der Waals surface area contributed by atoms with E-state index in [0.29, 0.717) is 0 Å². The Labute approximate surface area is 366 Å². The molecule has 0 bridgehead atoms. The summed E-state index contributed by atoms with van der Waals surface area (Å²) in [5.74, 6) is -12.7. The van der Waals surface area contributed by atoms with Crippen LogP contribution in [0.25, 0.3) is 0 Å². The molecule has 65 heavy (non-hydrogen) atoms. The molecule has 0 aromatic heterocycles. The highest BCUT2D eigenvalue weighted by Crippen LogP contribution is 2.40. The fourth-order valence-electron chi connectivity index (χ4n) is 7.98. The van der Waals surface area contributed by atoms with Gasteiger partial charge >= 0.3 is 11.9 Å². The zero-order valence-electron chi connectivity index (χ0n) is 34.5. The molecule has 0 unspecified atom stereocenters. The topological polar surface area (TPSA) is 501 Å². The molecular formula is C35H58N2O28. The Morgan fingerprint density at radius 2 is 1.17 bits per heavy atom. The van der Waals surface area contributed by atoms with Gasteiger partial charge in [0.1, 0.15) is 91.6 Å². The monoisotopic (exact) mass is 954 g/mol. The largest absolute Gasteiger partial charge is 0.477 e. The van der Waals surface area contributed by atoms with E-state index >= 15 is 0 Å². The minimum absolute atomic E-state index is 0.845. The summed E-state index contributed by atoms with van der Waals surface area (Å²) >= 11 is 0. The second kappa shape index (κ2) is 22.4. The number of aliphatic carboxylic acids is 2. The van der Waals surface area contributed by atoms with Gasteiger partial charge < -0.3 is 131 Å². The maximum Gasteiger partial charge on any atom is 0.364 e. The van der Waals surface area contributed by atoms with Gasteiger partial charge in [-0.2, -0.15) is 0 Å². The van der Waals surface area contributed by atoms with Crippen molar-refractivity contribution >= 4 is 23.8 Å². The standard InChI is InChI=1S/C35H58N2O28/c1-9(42)36-17-11(44)3-34(32(55)56,63-26(17)19(48)13(46)5-38)62-16(8-41)21(50)27-18(37-10(2)43)12(45)4-35(64-27,33(57)58)65-29-20(49)15(7-40)59-31(24(29)53)61-28-22(51)25(14(47)6-39)60-30(54)23(28)52/h11-31,38-41,44-54H,3-8H2,1-2H3,(H,36,42)(H,37,43)(H,55,56)(H,57,58)/t11-,12-,13+,14-,15+,16+,17+,18+,19+,20-,21+,22+,23-,24+,25+,26+,27+,28-,29-,30-,31-,34+,35-/m0/s1. The van der Waals surface area contributed by atoms with Gasteiger partial charge in [-0.15, -0.1) is 0 Å². The Morgan fingerprint density at radius 3 is 1.65 bits per heavy atom. The second-order valence-electron chi connectivity index (χ2n) is 16.0. The van der Waals surface area contributed by atoms with Gasteiger partial charge in [-0.1, -0.05) is 0 Å². The number of carbonyl (C=O) groups excluding carboxylic acids is 2. The summed E-state index contributed by atoms with van der Waals surface area (Å²) in [6.07, 6.45) is -43.9. The molecule has 0 aromatic rings. The van der Waals surface area contributed by atoms with Gasteiger partial charge in [0.05, 0.1) is 50.7 Å². The van der Waals surface area contributed by atoms with Gasteiger partial charge in [-0.05, 0) is 0 Å². The van der Waals surface area contributed by atoms with Crippen LogP contribution in [0.3, 0.4) is 0 Å². The number of carboxylic acid groups (broad SMARTS) is 2. The third-order valence-corrected chi connectivity index (χ3v) is 11.3. The van der Waals surface area contributed by atoms with Crippen molar-refractivity contribution in [2.45, 2.75) is 167 Å². The number of hydrogen-bond acceptors (Lipinski definition) is 26. The van der Waals surface area contributed by atoms with Crippen LogP contribution in [0.15, 0.2) is 0 Å². The number of ether oxygens (including phenoxy) is 7. The van der Waals surface area contributed by atoms with Gasteiger partial charge in [-0.25, -0.2) is 9.59 Å². The minimum atomic E-state index is -3.37. The molecule has 4 fully saturated rings. The number of nitrogens with one attached hydrogen (secondary N) is 2. The van der Waals surface area contributed by atoms with Crippen molar-refractivity contribution in [3.05, 3.63) is 0 Å². The lowest BCUT2D eigenvalue weighted by Gasteiger charge is -2.51. The molecule has 4 aliphatic rings. The molecule has 4 saturated heterocycles. The number of aliphatic hydroxyl groups excluding tert-OH is 15. The molecule has 0 aliphatic carbocycles. The van der Waals surface area contributed by atoms with Gasteiger partial charge in [-0.3, -0.25) is 9.59 Å². The van der Waals surface area contributed by atoms with Gasteiger partial charge in [0.25, 0.3) is 11.6 Å². The molecule has 4 aliphatic heterocycles. The molecule has 19 N–H and O–H groups in total. The average Bonchev–Trinajstić information content (AvgIpc) is 3.25. The molecule has 0 spiro atoms. The predicted octanol–water partition coefficient (Wildman–Crippen LogP) is -11.7. The van der Waals surface area contributed by atoms with E-state index in [0.717, 1.165) is 13.8 Å². The fraction of sp³-hybridized carbons (Fsp3) is 0.886. The smallest absolute Gasteiger partial charge is 0.364 e. The van der Waals surface area contributed by atoms with Crippen LogP contribution in [0, 0.1) is 0 Å². The first-order chi connectivity index (χ1) is 30.3. The van der Waals surface area contributed by atoms with E-state index in [1.165, 1.54) is 0 Å². The zero-order valence-corrected chi connectivity index (χ0v) is 34.5. The number of rotatable bonds is 19. The number of hydrogen-bond donors (Lipinski definition) is 19. The summed E-state index contributed by atoms with van der Waals surface area (Å²) < 4.78 is 38.2. The Bertz CT molecular complexity index is 1620. The van der Waals surface area contributed by atoms with Gasteiger partial charge in [0.15, 0.2) is 12.6 Å². The third-order valence-electron chi connectivity index (χ3n) is 11.3. The van der Waals surface area contributed by atoms with Crippen molar-refractivity contribution in [2.75, 3.05) is 26.4 Å². The number of carboxylic acids is 2. The van der Waals surface area contributed by atoms with E-state index < -0.39 is 203 Å². The Hall–Kier alpha value is -3.00. The van der Waals surface area contributed by atoms with Crippen LogP contribution in [0.4, 0.5) is 0 Å². The normalized spacial score (nSPS) is 42.5. The van der Waals surface area contributed by atoms with Gasteiger partial charge in [0.2, 0.25) is 11.8 Å². The van der Waals surface area contributed by atoms with Crippen LogP contribution in [0.1, 0.15) is 26.7 Å². The maximum absolute atomic E-state index is 13.2. The van der Waals surface area contributed by atoms with E-state index in [-0.39, 0.29) is 0 Å². The molecule has 2 amide bonds. The van der Waals surface area contributed by atoms with E-state index in [9.17, 15) is 106 Å². The minimum Gasteiger partial charge on any atom is -0.477 e. The lowest BCUT2D eigenvalue weighted by atomic mass is 9.87. The van der Waals surface area contributed by atoms with Crippen molar-refractivity contribution < 1.29 is 139 Å². The summed E-state index contributed by atoms with van der Waals surface area (Å²) in [4.78, 5) is 50.3. The molecule has 30 heteroatoms. The van der Waals surface area contributed by atoms with Crippen molar-refractivity contribution in [1.82, 2.24) is 10.6 Å². The molecule has 30 nitrogen and oxygen atoms in total. The lowest BCUT2D eigenvalue weighted by Crippen LogP contribution is -2.72. The number of carbonyl (C=O) groups is 4. The highest BCUT2D eigenvalue weighted by Gasteiger charge is 2.62. The van der Waals surface area contributed by atoms with Gasteiger partial charge in [0, 0.05) is 26.7 Å². The van der Waals surface area contributed by atoms with Crippen LogP contribution in [0.5, 0.6) is 0 Å². The van der Waals surface area contributed by atoms with E-state index in [1.54, 1.807) is 0 Å². The quantitative estimate of drug-likeness (QED) is 0.0571. The SMILES string of the molecule is CC(=O)N[C@H]1[C@H]([C@H](O)[C@H](O)CO)O[C@@](O[C@H](CO)[C@@H](O)[C@@H]2O[C@@](O[C@H]3[C@@H](O)[C@@H](CO)O[C@@H](O[C@H]4[C@H](O)[C@@H]([C@@H](O)CO)O[C@H](O)[C@H]4O)[C@@H]3O)(C(=O)O)C[C@H](O)[C@H]2NC(C)=O)(C(=O)O)C[C@@H]1O. The third kappa shape index (κ3) is 11.7. The molecule has 23 atom stereocenters. The highest BCUT2D eigenvalue weighted by molar-refractivity contribution is 5.77. The Morgan fingerprint density at radius 1 is 0.646 bits per heavy atom. The summed E-state index contributed by atoms with van der Waals surface area (Å²) in [6, 6.07) is -3.60. The van der Waals surface area contributed by atoms with Crippen molar-refractivity contribution in [1.29, 1.82) is 0 Å². The predicted molar refractivity (Wildman–Crippen MR) is 197 cm³/mol. The molecule has 376 valence electrons. The molecule has 0 radical (unpaired) electrons. The summed E-state index contributed by atoms with van der Waals surface area (Å²) in [5.41, 5.74) is 0. The first-order valence-electron chi connectivity index (χ1n) is 19.9. The van der Waals surface area contributed by atoms with Crippen molar-refractivity contribution in [2.24, 2.45) is 0 Å². The average molecular weight is 955 g/mol. The zero-order chi connectivity index (χ0) is 49.0. The van der Waals surface area contributed by atoms with Crippen LogP contribution in [-0.4, -0.2) is 277 Å². The molecule has 0 aromatic carbocycles. The Kier molecular flexibility index (Phi) is 18.8. The van der Waals surface area contributed by atoms with Crippen molar-refractivity contribution in [3.8, 4) is 0 Å². The van der Waals surface area contributed by atoms with E-state index in [2.05, 4.69) is 10.6 Å². The number of amides is 2. The maximum atomic E-state index is 13.2. The number of aliphatic hydroxyl groups is 15. The molecular weight excluding hydrogens is 896 g/mol. The van der Waals surface area contributed by atoms with Crippen LogP contribution < -0.4 is 10.6 Å². The summed E-state index contributed by atoms with van der Waals surface area (Å²) in [5, 5.41) is 184. The van der Waals surface area contributed by atoms with Crippen LogP contribution in [0.2, 0.25) is 0 Å². The van der Waals surface area contributed by atoms with Crippen molar-refractivity contribution in [3.63, 3.8) is 0 Å². The first kappa shape index (κ1) is 54.6. The first-order valence-corrected chi connectivity index (χ1v) is 19.9. The van der Waals surface area contributed by atoms with Crippen LogP contribution >= 0.6 is 0 Å². The van der Waals surface area contributed by atoms with E-state index in [1.807, 2.05) is 0 Å². The molecule has 4 heterocycles. The Balaban J connectivity index is 1.72. The fourth-order valence-corrected chi connectivity index (χ4v) is 7.98. The molecule has 0 saturated carbocycles. The summed E-state index contributed by atoms with van der Waals surface area (Å²) in [7, 11) is 0. The highest BCUT2D eigenvalue weighted by atomic mass is 16.8. The lowest BCUT2D eigenvalue weighted by molar-refractivity contribution is -0.388. The van der Waals surface area contributed by atoms with Crippen LogP contribution in [-0.2, 0) is 52.3 Å². The van der Waals surface area contributed by atoms with E-state index in [4.69, 9.17) is 33.2 Å². The molecule has 4 rings (SSSR count).